The summed E-state index contributed by atoms with van der Waals surface area (Å²) in [6.07, 6.45) is 0. The first-order chi connectivity index (χ1) is 12.0. The fourth-order valence-corrected chi connectivity index (χ4v) is 3.54. The van der Waals surface area contributed by atoms with Crippen molar-refractivity contribution in [2.75, 3.05) is 12.0 Å². The molecule has 0 amide bonds. The van der Waals surface area contributed by atoms with Crippen LogP contribution in [0.2, 0.25) is 0 Å². The highest BCUT2D eigenvalue weighted by Gasteiger charge is 2.20. The molecule has 0 bridgehead atoms. The third-order valence-corrected chi connectivity index (χ3v) is 4.83. The Morgan fingerprint density at radius 2 is 2.12 bits per heavy atom. The van der Waals surface area contributed by atoms with Gasteiger partial charge in [0.1, 0.15) is 0 Å². The molecule has 1 aromatic carbocycles. The monoisotopic (exact) mass is 356 g/mol. The number of fused-ring (bicyclic) bond motifs is 1. The maximum absolute atomic E-state index is 12.1. The van der Waals surface area contributed by atoms with E-state index in [0.717, 1.165) is 38.0 Å². The van der Waals surface area contributed by atoms with Crippen LogP contribution in [0, 0.1) is 13.8 Å². The number of benzene rings is 1. The average Bonchev–Trinajstić information content (AvgIpc) is 3.13. The number of hydrazone groups is 1. The van der Waals surface area contributed by atoms with Gasteiger partial charge in [-0.05, 0) is 45.4 Å². The fraction of sp³-hybridized carbons (Fsp3) is 0.278. The van der Waals surface area contributed by atoms with Gasteiger partial charge in [-0.15, -0.1) is 0 Å². The first-order valence-corrected chi connectivity index (χ1v) is 8.85. The number of rotatable bonds is 5. The second-order valence-corrected chi connectivity index (χ2v) is 6.67. The van der Waals surface area contributed by atoms with Crippen molar-refractivity contribution in [2.45, 2.75) is 27.7 Å². The number of carbonyl (C=O) groups is 1. The Labute approximate surface area is 149 Å². The van der Waals surface area contributed by atoms with E-state index in [2.05, 4.69) is 20.5 Å². The Balaban J connectivity index is 1.85. The van der Waals surface area contributed by atoms with Crippen LogP contribution in [0.3, 0.4) is 0 Å². The summed E-state index contributed by atoms with van der Waals surface area (Å²) in [5, 5.41) is 5.14. The van der Waals surface area contributed by atoms with E-state index in [1.54, 1.807) is 18.3 Å². The van der Waals surface area contributed by atoms with Crippen molar-refractivity contribution >= 4 is 38.4 Å². The minimum Gasteiger partial charge on any atom is -0.462 e. The highest BCUT2D eigenvalue weighted by atomic mass is 32.1. The molecule has 25 heavy (non-hydrogen) atoms. The molecule has 130 valence electrons. The normalized spacial score (nSPS) is 11.8. The van der Waals surface area contributed by atoms with Gasteiger partial charge in [0.05, 0.1) is 33.8 Å². The van der Waals surface area contributed by atoms with E-state index in [1.807, 2.05) is 45.0 Å². The van der Waals surface area contributed by atoms with Crippen LogP contribution < -0.4 is 5.43 Å². The number of thiazole rings is 1. The van der Waals surface area contributed by atoms with Crippen molar-refractivity contribution in [3.63, 3.8) is 0 Å². The van der Waals surface area contributed by atoms with Gasteiger partial charge in [0.15, 0.2) is 0 Å². The Morgan fingerprint density at radius 3 is 2.84 bits per heavy atom. The van der Waals surface area contributed by atoms with Crippen molar-refractivity contribution in [1.82, 2.24) is 9.97 Å². The topological polar surface area (TPSA) is 79.4 Å². The van der Waals surface area contributed by atoms with E-state index in [4.69, 9.17) is 4.74 Å². The highest BCUT2D eigenvalue weighted by molar-refractivity contribution is 7.22. The van der Waals surface area contributed by atoms with Crippen molar-refractivity contribution in [3.8, 4) is 0 Å². The first-order valence-electron chi connectivity index (χ1n) is 8.03. The van der Waals surface area contributed by atoms with Gasteiger partial charge in [-0.1, -0.05) is 23.5 Å². The van der Waals surface area contributed by atoms with Gasteiger partial charge in [0.25, 0.3) is 0 Å². The van der Waals surface area contributed by atoms with Crippen LogP contribution in [0.15, 0.2) is 29.4 Å². The SMILES string of the molecule is CCOC(=O)c1c(C)[nH]c(/C(C)=N/Nc2nc3ccccc3s2)c1C. The minimum atomic E-state index is -0.313. The lowest BCUT2D eigenvalue weighted by molar-refractivity contribution is 0.0525. The molecule has 0 saturated heterocycles. The second-order valence-electron chi connectivity index (χ2n) is 5.64. The summed E-state index contributed by atoms with van der Waals surface area (Å²) in [5.74, 6) is -0.313. The molecule has 6 nitrogen and oxygen atoms in total. The zero-order valence-electron chi connectivity index (χ0n) is 14.6. The summed E-state index contributed by atoms with van der Waals surface area (Å²) in [6, 6.07) is 7.94. The zero-order chi connectivity index (χ0) is 18.0. The van der Waals surface area contributed by atoms with Crippen molar-refractivity contribution in [3.05, 3.63) is 46.8 Å². The third kappa shape index (κ3) is 3.41. The molecule has 0 saturated carbocycles. The van der Waals surface area contributed by atoms with Gasteiger partial charge in [-0.2, -0.15) is 5.10 Å². The molecular weight excluding hydrogens is 336 g/mol. The van der Waals surface area contributed by atoms with Crippen molar-refractivity contribution < 1.29 is 9.53 Å². The smallest absolute Gasteiger partial charge is 0.340 e. The summed E-state index contributed by atoms with van der Waals surface area (Å²) in [4.78, 5) is 19.8. The Morgan fingerprint density at radius 1 is 1.36 bits per heavy atom. The standard InChI is InChI=1S/C18H20N4O2S/c1-5-24-17(23)15-10(2)16(19-11(15)3)12(4)21-22-18-20-13-8-6-7-9-14(13)25-18/h6-9,19H,5H2,1-4H3,(H,20,22)/b21-12+. The van der Waals surface area contributed by atoms with E-state index in [-0.39, 0.29) is 5.97 Å². The molecule has 0 fully saturated rings. The number of H-pyrrole nitrogens is 1. The molecule has 2 aromatic heterocycles. The van der Waals surface area contributed by atoms with Gasteiger partial charge in [-0.3, -0.25) is 5.43 Å². The molecule has 0 aliphatic carbocycles. The van der Waals surface area contributed by atoms with Gasteiger partial charge < -0.3 is 9.72 Å². The van der Waals surface area contributed by atoms with E-state index in [9.17, 15) is 4.79 Å². The highest BCUT2D eigenvalue weighted by Crippen LogP contribution is 2.25. The van der Waals surface area contributed by atoms with Crippen molar-refractivity contribution in [2.24, 2.45) is 5.10 Å². The van der Waals surface area contributed by atoms with Crippen LogP contribution in [0.5, 0.6) is 0 Å². The number of aryl methyl sites for hydroxylation is 1. The summed E-state index contributed by atoms with van der Waals surface area (Å²) in [5.41, 5.74) is 7.70. The number of carbonyl (C=O) groups excluding carboxylic acids is 1. The van der Waals surface area contributed by atoms with Gasteiger partial charge in [0.2, 0.25) is 5.13 Å². The van der Waals surface area contributed by atoms with Crippen LogP contribution in [0.1, 0.15) is 41.2 Å². The van der Waals surface area contributed by atoms with Gasteiger partial charge in [0, 0.05) is 5.69 Å². The number of para-hydroxylation sites is 1. The molecule has 0 unspecified atom stereocenters. The summed E-state index contributed by atoms with van der Waals surface area (Å²) in [6.45, 7) is 7.78. The molecule has 0 spiro atoms. The maximum Gasteiger partial charge on any atom is 0.340 e. The number of nitrogens with zero attached hydrogens (tertiary/aromatic N) is 2. The first kappa shape index (κ1) is 17.2. The van der Waals surface area contributed by atoms with Crippen LogP contribution in [-0.2, 0) is 4.74 Å². The minimum absolute atomic E-state index is 0.313. The third-order valence-electron chi connectivity index (χ3n) is 3.89. The number of hydrogen-bond donors (Lipinski definition) is 2. The van der Waals surface area contributed by atoms with Crippen LogP contribution in [0.25, 0.3) is 10.2 Å². The predicted molar refractivity (Wildman–Crippen MR) is 102 cm³/mol. The second kappa shape index (κ2) is 7.06. The Bertz CT molecular complexity index is 922. The van der Waals surface area contributed by atoms with E-state index >= 15 is 0 Å². The number of aromatic amines is 1. The molecular formula is C18H20N4O2S. The maximum atomic E-state index is 12.1. The van der Waals surface area contributed by atoms with Crippen LogP contribution in [0.4, 0.5) is 5.13 Å². The lowest BCUT2D eigenvalue weighted by atomic mass is 10.1. The lowest BCUT2D eigenvalue weighted by Crippen LogP contribution is -2.07. The van der Waals surface area contributed by atoms with Gasteiger partial charge in [-0.25, -0.2) is 9.78 Å². The zero-order valence-corrected chi connectivity index (χ0v) is 15.5. The Hall–Kier alpha value is -2.67. The Kier molecular flexibility index (Phi) is 4.85. The fourth-order valence-electron chi connectivity index (χ4n) is 2.73. The van der Waals surface area contributed by atoms with E-state index in [1.165, 1.54) is 0 Å². The van der Waals surface area contributed by atoms with E-state index in [0.29, 0.717) is 12.2 Å². The molecule has 7 heteroatoms. The number of esters is 1. The molecule has 3 rings (SSSR count). The van der Waals surface area contributed by atoms with Gasteiger partial charge >= 0.3 is 5.97 Å². The summed E-state index contributed by atoms with van der Waals surface area (Å²) in [7, 11) is 0. The molecule has 2 heterocycles. The van der Waals surface area contributed by atoms with Crippen LogP contribution >= 0.6 is 11.3 Å². The molecule has 3 aromatic rings. The van der Waals surface area contributed by atoms with Crippen molar-refractivity contribution in [1.29, 1.82) is 0 Å². The number of aromatic nitrogens is 2. The lowest BCUT2D eigenvalue weighted by Gasteiger charge is -2.03. The number of anilines is 1. The largest absolute Gasteiger partial charge is 0.462 e. The van der Waals surface area contributed by atoms with Crippen LogP contribution in [-0.4, -0.2) is 28.3 Å². The number of nitrogens with one attached hydrogen (secondary N) is 2. The summed E-state index contributed by atoms with van der Waals surface area (Å²) < 4.78 is 6.23. The number of ether oxygens (including phenoxy) is 1. The molecule has 2 N–H and O–H groups in total. The average molecular weight is 356 g/mol. The summed E-state index contributed by atoms with van der Waals surface area (Å²) >= 11 is 1.54. The molecule has 0 radical (unpaired) electrons. The molecule has 0 atom stereocenters. The molecule has 0 aliphatic rings. The molecule has 0 aliphatic heterocycles. The van der Waals surface area contributed by atoms with E-state index < -0.39 is 0 Å². The number of hydrogen-bond acceptors (Lipinski definition) is 6. The quantitative estimate of drug-likeness (QED) is 0.407. The predicted octanol–water partition coefficient (Wildman–Crippen LogP) is 4.25.